The first-order chi connectivity index (χ1) is 15.0. The molecule has 31 heavy (non-hydrogen) atoms. The molecule has 3 saturated carbocycles. The van der Waals surface area contributed by atoms with Gasteiger partial charge in [0.1, 0.15) is 10.8 Å². The number of piperidine rings is 1. The van der Waals surface area contributed by atoms with Gasteiger partial charge in [-0.15, -0.1) is 0 Å². The average Bonchev–Trinajstić information content (AvgIpc) is 3.43. The van der Waals surface area contributed by atoms with Crippen molar-refractivity contribution in [2.24, 2.45) is 35.0 Å². The number of alkyl halides is 1. The van der Waals surface area contributed by atoms with Crippen molar-refractivity contribution in [3.63, 3.8) is 0 Å². The predicted molar refractivity (Wildman–Crippen MR) is 117 cm³/mol. The first-order valence-corrected chi connectivity index (χ1v) is 12.2. The molecular formula is C23H29BrFN3O3. The van der Waals surface area contributed by atoms with Gasteiger partial charge in [0, 0.05) is 6.54 Å². The van der Waals surface area contributed by atoms with E-state index < -0.39 is 6.17 Å². The van der Waals surface area contributed by atoms with Crippen molar-refractivity contribution in [3.05, 3.63) is 22.9 Å². The van der Waals surface area contributed by atoms with Gasteiger partial charge in [0.25, 0.3) is 0 Å². The van der Waals surface area contributed by atoms with Crippen molar-refractivity contribution in [3.8, 4) is 0 Å². The zero-order valence-corrected chi connectivity index (χ0v) is 19.1. The minimum absolute atomic E-state index is 0.0622. The molecule has 2 N–H and O–H groups in total. The summed E-state index contributed by atoms with van der Waals surface area (Å²) in [6, 6.07) is 3.58. The number of nitrogens with zero attached hydrogens (tertiary/aromatic N) is 1. The molecule has 1 aliphatic heterocycles. The maximum absolute atomic E-state index is 14.0. The number of halogens is 2. The molecule has 1 saturated heterocycles. The highest BCUT2D eigenvalue weighted by Gasteiger charge is 2.72. The predicted octanol–water partition coefficient (Wildman–Crippen LogP) is 3.72. The number of rotatable bonds is 6. The van der Waals surface area contributed by atoms with Crippen LogP contribution in [0, 0.1) is 35.0 Å². The quantitative estimate of drug-likeness (QED) is 0.466. The van der Waals surface area contributed by atoms with Crippen LogP contribution in [-0.2, 0) is 14.3 Å². The molecule has 4 aliphatic rings. The standard InChI is InChI=1S/C23H29BrFN3O3/c24-18-4-1-14(11-27-18)28-21(29)19-15-2-3-16(23(15)7-8-23)20(19)22(30)31-10-6-13-5-9-26-12-17(13)25/h1,4,11,13,15-17,19-20,26H,2-3,5-10,12H2,(H,28,29)/t13?,15-,16+,17?,19+,20+/m0/s1. The molecule has 6 nitrogen and oxygen atoms in total. The van der Waals surface area contributed by atoms with Gasteiger partial charge in [-0.05, 0) is 96.3 Å². The molecule has 4 fully saturated rings. The fraction of sp³-hybridized carbons (Fsp3) is 0.696. The van der Waals surface area contributed by atoms with Crippen molar-refractivity contribution in [1.82, 2.24) is 10.3 Å². The van der Waals surface area contributed by atoms with E-state index in [0.29, 0.717) is 23.3 Å². The van der Waals surface area contributed by atoms with Gasteiger partial charge in [-0.1, -0.05) is 0 Å². The third-order valence-corrected chi connectivity index (χ3v) is 8.66. The summed E-state index contributed by atoms with van der Waals surface area (Å²) in [6.45, 7) is 1.41. The number of pyridine rings is 1. The number of hydrogen-bond donors (Lipinski definition) is 2. The number of amides is 1. The SMILES string of the molecule is O=C(OCCC1CCNCC1F)[C@H]1[C@H](C(=O)Nc2ccc(Br)nc2)[C@@H]2CC[C@H]1C21CC1. The van der Waals surface area contributed by atoms with Crippen LogP contribution in [0.25, 0.3) is 0 Å². The Bertz CT molecular complexity index is 847. The van der Waals surface area contributed by atoms with Gasteiger partial charge in [0.2, 0.25) is 5.91 Å². The van der Waals surface area contributed by atoms with Crippen molar-refractivity contribution in [2.45, 2.75) is 44.7 Å². The summed E-state index contributed by atoms with van der Waals surface area (Å²) in [6.07, 6.45) is 6.25. The molecular weight excluding hydrogens is 465 g/mol. The molecule has 5 rings (SSSR count). The van der Waals surface area contributed by atoms with Crippen LogP contribution in [0.4, 0.5) is 10.1 Å². The molecule has 8 heteroatoms. The number of hydrogen-bond acceptors (Lipinski definition) is 5. The van der Waals surface area contributed by atoms with Crippen LogP contribution in [0.15, 0.2) is 22.9 Å². The van der Waals surface area contributed by atoms with E-state index in [2.05, 4.69) is 31.5 Å². The van der Waals surface area contributed by atoms with Crippen molar-refractivity contribution < 1.29 is 18.7 Å². The smallest absolute Gasteiger partial charge is 0.310 e. The van der Waals surface area contributed by atoms with Crippen LogP contribution in [-0.4, -0.2) is 42.7 Å². The first kappa shape index (κ1) is 21.3. The van der Waals surface area contributed by atoms with E-state index in [1.54, 1.807) is 18.3 Å². The number of carbonyl (C=O) groups excluding carboxylic acids is 2. The largest absolute Gasteiger partial charge is 0.465 e. The van der Waals surface area contributed by atoms with E-state index in [1.165, 1.54) is 0 Å². The summed E-state index contributed by atoms with van der Waals surface area (Å²) in [5.74, 6) is -0.699. The molecule has 0 aromatic carbocycles. The summed E-state index contributed by atoms with van der Waals surface area (Å²) in [5.41, 5.74) is 0.788. The van der Waals surface area contributed by atoms with E-state index in [4.69, 9.17) is 4.74 Å². The van der Waals surface area contributed by atoms with Gasteiger partial charge in [0.15, 0.2) is 0 Å². The lowest BCUT2D eigenvalue weighted by atomic mass is 9.78. The van der Waals surface area contributed by atoms with Gasteiger partial charge in [-0.25, -0.2) is 9.37 Å². The summed E-state index contributed by atoms with van der Waals surface area (Å²) >= 11 is 3.30. The second kappa shape index (κ2) is 8.43. The summed E-state index contributed by atoms with van der Waals surface area (Å²) in [5, 5.41) is 6.02. The van der Waals surface area contributed by atoms with Gasteiger partial charge in [-0.3, -0.25) is 9.59 Å². The van der Waals surface area contributed by atoms with E-state index in [1.807, 2.05) is 0 Å². The highest BCUT2D eigenvalue weighted by atomic mass is 79.9. The van der Waals surface area contributed by atoms with Crippen LogP contribution in [0.2, 0.25) is 0 Å². The van der Waals surface area contributed by atoms with Crippen molar-refractivity contribution in [2.75, 3.05) is 25.0 Å². The average molecular weight is 494 g/mol. The molecule has 168 valence electrons. The lowest BCUT2D eigenvalue weighted by molar-refractivity contribution is -0.155. The van der Waals surface area contributed by atoms with Gasteiger partial charge >= 0.3 is 5.97 Å². The molecule has 2 bridgehead atoms. The number of ether oxygens (including phenoxy) is 1. The molecule has 1 aromatic rings. The summed E-state index contributed by atoms with van der Waals surface area (Å²) in [7, 11) is 0. The van der Waals surface area contributed by atoms with Crippen LogP contribution in [0.5, 0.6) is 0 Å². The molecule has 3 aliphatic carbocycles. The topological polar surface area (TPSA) is 80.3 Å². The zero-order chi connectivity index (χ0) is 21.6. The van der Waals surface area contributed by atoms with Gasteiger partial charge in [-0.2, -0.15) is 0 Å². The number of nitrogens with one attached hydrogen (secondary N) is 2. The Morgan fingerprint density at radius 3 is 2.68 bits per heavy atom. The summed E-state index contributed by atoms with van der Waals surface area (Å²) < 4.78 is 20.4. The fourth-order valence-electron chi connectivity index (χ4n) is 6.61. The monoisotopic (exact) mass is 493 g/mol. The molecule has 0 radical (unpaired) electrons. The van der Waals surface area contributed by atoms with E-state index in [-0.39, 0.29) is 53.5 Å². The van der Waals surface area contributed by atoms with Crippen LogP contribution >= 0.6 is 15.9 Å². The fourth-order valence-corrected chi connectivity index (χ4v) is 6.84. The molecule has 1 aromatic heterocycles. The lowest BCUT2D eigenvalue weighted by Gasteiger charge is -2.29. The van der Waals surface area contributed by atoms with Gasteiger partial charge < -0.3 is 15.4 Å². The zero-order valence-electron chi connectivity index (χ0n) is 17.5. The second-order valence-electron chi connectivity index (χ2n) is 9.66. The molecule has 2 heterocycles. The van der Waals surface area contributed by atoms with E-state index in [9.17, 15) is 14.0 Å². The van der Waals surface area contributed by atoms with Crippen LogP contribution < -0.4 is 10.6 Å². The molecule has 2 unspecified atom stereocenters. The number of carbonyl (C=O) groups is 2. The van der Waals surface area contributed by atoms with E-state index in [0.717, 1.165) is 38.6 Å². The number of anilines is 1. The Labute approximate surface area is 190 Å². The Hall–Kier alpha value is -1.54. The third-order valence-electron chi connectivity index (χ3n) is 8.19. The van der Waals surface area contributed by atoms with Crippen molar-refractivity contribution >= 4 is 33.5 Å². The normalized spacial score (nSPS) is 35.2. The maximum Gasteiger partial charge on any atom is 0.310 e. The molecule has 1 amide bonds. The van der Waals surface area contributed by atoms with Gasteiger partial charge in [0.05, 0.1) is 30.3 Å². The second-order valence-corrected chi connectivity index (χ2v) is 10.5. The van der Waals surface area contributed by atoms with Crippen LogP contribution in [0.3, 0.4) is 0 Å². The Balaban J connectivity index is 1.26. The number of esters is 1. The molecule has 1 spiro atoms. The van der Waals surface area contributed by atoms with Crippen LogP contribution in [0.1, 0.15) is 38.5 Å². The van der Waals surface area contributed by atoms with Crippen molar-refractivity contribution in [1.29, 1.82) is 0 Å². The molecule has 6 atom stereocenters. The highest BCUT2D eigenvalue weighted by molar-refractivity contribution is 9.10. The Morgan fingerprint density at radius 1 is 1.23 bits per heavy atom. The maximum atomic E-state index is 14.0. The number of aromatic nitrogens is 1. The minimum atomic E-state index is -0.886. The highest BCUT2D eigenvalue weighted by Crippen LogP contribution is 2.74. The first-order valence-electron chi connectivity index (χ1n) is 11.4. The van der Waals surface area contributed by atoms with E-state index >= 15 is 0 Å². The Morgan fingerprint density at radius 2 is 2.00 bits per heavy atom. The lowest BCUT2D eigenvalue weighted by Crippen LogP contribution is -2.40. The minimum Gasteiger partial charge on any atom is -0.465 e. The third kappa shape index (κ3) is 3.90. The summed E-state index contributed by atoms with van der Waals surface area (Å²) in [4.78, 5) is 30.6. The Kier molecular flexibility index (Phi) is 5.79.